The van der Waals surface area contributed by atoms with Crippen molar-refractivity contribution < 1.29 is 5.11 Å². The van der Waals surface area contributed by atoms with Crippen molar-refractivity contribution in [3.8, 4) is 0 Å². The van der Waals surface area contributed by atoms with Crippen LogP contribution in [-0.4, -0.2) is 208 Å². The third-order valence-corrected chi connectivity index (χ3v) is 10.3. The van der Waals surface area contributed by atoms with Crippen molar-refractivity contribution in [2.24, 2.45) is 0 Å². The van der Waals surface area contributed by atoms with E-state index in [1.165, 1.54) is 97.6 Å². The number of rotatable bonds is 29. The lowest BCUT2D eigenvalue weighted by molar-refractivity contribution is 0.128. The molecule has 0 saturated carbocycles. The van der Waals surface area contributed by atoms with Crippen molar-refractivity contribution in [3.05, 3.63) is 0 Å². The Morgan fingerprint density at radius 2 is 0.682 bits per heavy atom. The molecule has 0 amide bonds. The van der Waals surface area contributed by atoms with Gasteiger partial charge in [-0.05, 0) is 91.0 Å². The van der Waals surface area contributed by atoms with Crippen molar-refractivity contribution >= 4 is 0 Å². The molecule has 0 aliphatic carbocycles. The van der Waals surface area contributed by atoms with Crippen LogP contribution in [-0.2, 0) is 0 Å². The first kappa shape index (κ1) is 39.8. The first-order valence-corrected chi connectivity index (χ1v) is 18.9. The van der Waals surface area contributed by atoms with Crippen LogP contribution >= 0.6 is 0 Å². The molecular formula is C35H76N8O. The molecule has 0 unspecified atom stereocenters. The second-order valence-electron chi connectivity index (χ2n) is 13.2. The van der Waals surface area contributed by atoms with Crippen molar-refractivity contribution in [1.82, 2.24) is 39.2 Å². The van der Waals surface area contributed by atoms with Crippen LogP contribution in [0.5, 0.6) is 0 Å². The number of aliphatic hydroxyl groups is 1. The van der Waals surface area contributed by atoms with Crippen molar-refractivity contribution in [2.75, 3.05) is 164 Å². The number of hydrogen-bond acceptors (Lipinski definition) is 9. The molecule has 2 aliphatic rings. The average molecular weight is 625 g/mol. The number of hydrogen-bond donors (Lipinski definition) is 1. The van der Waals surface area contributed by atoms with E-state index in [9.17, 15) is 5.11 Å². The molecule has 2 fully saturated rings. The van der Waals surface area contributed by atoms with Gasteiger partial charge >= 0.3 is 0 Å². The Labute approximate surface area is 274 Å². The van der Waals surface area contributed by atoms with Crippen LogP contribution in [0.25, 0.3) is 0 Å². The summed E-state index contributed by atoms with van der Waals surface area (Å²) in [4.78, 5) is 21.1. The van der Waals surface area contributed by atoms with E-state index in [-0.39, 0.29) is 6.61 Å². The normalized spacial score (nSPS) is 16.9. The van der Waals surface area contributed by atoms with Gasteiger partial charge in [-0.25, -0.2) is 0 Å². The maximum Gasteiger partial charge on any atom is 0.0558 e. The minimum atomic E-state index is 0.247. The van der Waals surface area contributed by atoms with Gasteiger partial charge in [0.1, 0.15) is 0 Å². The van der Waals surface area contributed by atoms with Gasteiger partial charge in [0.15, 0.2) is 0 Å². The highest BCUT2D eigenvalue weighted by molar-refractivity contribution is 4.74. The fraction of sp³-hybridized carbons (Fsp3) is 1.00. The predicted octanol–water partition coefficient (Wildman–Crippen LogP) is 2.47. The SMILES string of the molecule is CCCN(CCN1CCCC1)CCN(CCN(CC)CC)CCN(CCN1CCCC1)CCN(CCO)CCN(CC)CC. The smallest absolute Gasteiger partial charge is 0.0558 e. The van der Waals surface area contributed by atoms with Gasteiger partial charge in [0.05, 0.1) is 6.61 Å². The second kappa shape index (κ2) is 25.7. The monoisotopic (exact) mass is 625 g/mol. The topological polar surface area (TPSA) is 46.2 Å². The van der Waals surface area contributed by atoms with E-state index >= 15 is 0 Å². The standard InChI is InChI=1S/C35H76N8O/c1-6-15-38(24-26-39-16-11-12-17-39)25-28-41(22-20-36(7-2)8-3)30-31-42(29-27-40-18-13-14-19-40)32-33-43(34-35-44)23-21-37(9-4)10-5/h44H,6-35H2,1-5H3. The van der Waals surface area contributed by atoms with Gasteiger partial charge in [0.25, 0.3) is 0 Å². The Bertz CT molecular complexity index is 608. The highest BCUT2D eigenvalue weighted by Gasteiger charge is 2.18. The van der Waals surface area contributed by atoms with Crippen LogP contribution in [0, 0.1) is 0 Å². The largest absolute Gasteiger partial charge is 0.395 e. The zero-order valence-corrected chi connectivity index (χ0v) is 30.2. The van der Waals surface area contributed by atoms with E-state index in [2.05, 4.69) is 73.8 Å². The molecule has 0 aromatic carbocycles. The zero-order valence-electron chi connectivity index (χ0n) is 30.2. The Hall–Kier alpha value is -0.360. The molecule has 9 nitrogen and oxygen atoms in total. The van der Waals surface area contributed by atoms with Gasteiger partial charge in [0.2, 0.25) is 0 Å². The van der Waals surface area contributed by atoms with Crippen molar-refractivity contribution in [3.63, 3.8) is 0 Å². The van der Waals surface area contributed by atoms with Crippen LogP contribution in [0.4, 0.5) is 0 Å². The Morgan fingerprint density at radius 3 is 1.00 bits per heavy atom. The molecule has 2 aliphatic heterocycles. The van der Waals surface area contributed by atoms with E-state index < -0.39 is 0 Å². The molecule has 0 spiro atoms. The number of likely N-dealkylation sites (N-methyl/N-ethyl adjacent to an activating group) is 2. The summed E-state index contributed by atoms with van der Waals surface area (Å²) in [6.07, 6.45) is 6.73. The van der Waals surface area contributed by atoms with Gasteiger partial charge < -0.3 is 29.6 Å². The van der Waals surface area contributed by atoms with Crippen LogP contribution in [0.15, 0.2) is 0 Å². The molecule has 2 heterocycles. The summed E-state index contributed by atoms with van der Waals surface area (Å²) in [5, 5.41) is 9.80. The minimum absolute atomic E-state index is 0.247. The maximum atomic E-state index is 9.80. The molecule has 0 aromatic heterocycles. The van der Waals surface area contributed by atoms with Gasteiger partial charge in [0, 0.05) is 98.2 Å². The summed E-state index contributed by atoms with van der Waals surface area (Å²) >= 11 is 0. The molecule has 0 atom stereocenters. The molecule has 0 aromatic rings. The van der Waals surface area contributed by atoms with E-state index in [1.54, 1.807) is 0 Å². The molecular weight excluding hydrogens is 548 g/mol. The molecule has 0 bridgehead atoms. The fourth-order valence-electron chi connectivity index (χ4n) is 6.87. The van der Waals surface area contributed by atoms with Crippen LogP contribution in [0.2, 0.25) is 0 Å². The predicted molar refractivity (Wildman–Crippen MR) is 190 cm³/mol. The van der Waals surface area contributed by atoms with Gasteiger partial charge in [-0.2, -0.15) is 0 Å². The lowest BCUT2D eigenvalue weighted by atomic mass is 10.3. The summed E-state index contributed by atoms with van der Waals surface area (Å²) < 4.78 is 0. The summed E-state index contributed by atoms with van der Waals surface area (Å²) in [6, 6.07) is 0. The number of aliphatic hydroxyl groups excluding tert-OH is 1. The van der Waals surface area contributed by atoms with Gasteiger partial charge in [-0.1, -0.05) is 34.6 Å². The Balaban J connectivity index is 1.98. The summed E-state index contributed by atoms with van der Waals surface area (Å²) in [5.74, 6) is 0. The van der Waals surface area contributed by atoms with Crippen LogP contribution < -0.4 is 0 Å². The van der Waals surface area contributed by atoms with Gasteiger partial charge in [-0.15, -0.1) is 0 Å². The number of likely N-dealkylation sites (tertiary alicyclic amines) is 2. The zero-order chi connectivity index (χ0) is 31.8. The van der Waals surface area contributed by atoms with Crippen LogP contribution in [0.3, 0.4) is 0 Å². The molecule has 44 heavy (non-hydrogen) atoms. The molecule has 2 saturated heterocycles. The summed E-state index contributed by atoms with van der Waals surface area (Å²) in [6.45, 7) is 39.3. The second-order valence-corrected chi connectivity index (χ2v) is 13.2. The van der Waals surface area contributed by atoms with Crippen LogP contribution in [0.1, 0.15) is 66.7 Å². The molecule has 262 valence electrons. The highest BCUT2D eigenvalue weighted by atomic mass is 16.3. The molecule has 0 radical (unpaired) electrons. The van der Waals surface area contributed by atoms with Crippen molar-refractivity contribution in [2.45, 2.75) is 66.7 Å². The quantitative estimate of drug-likeness (QED) is 0.135. The lowest BCUT2D eigenvalue weighted by Crippen LogP contribution is -2.47. The molecule has 1 N–H and O–H groups in total. The average Bonchev–Trinajstić information content (AvgIpc) is 3.77. The van der Waals surface area contributed by atoms with Crippen molar-refractivity contribution in [1.29, 1.82) is 0 Å². The lowest BCUT2D eigenvalue weighted by Gasteiger charge is -2.33. The third kappa shape index (κ3) is 17.5. The van der Waals surface area contributed by atoms with E-state index in [0.717, 1.165) is 91.6 Å². The Morgan fingerprint density at radius 1 is 0.386 bits per heavy atom. The first-order valence-electron chi connectivity index (χ1n) is 18.9. The Kier molecular flexibility index (Phi) is 23.3. The van der Waals surface area contributed by atoms with E-state index in [4.69, 9.17) is 0 Å². The summed E-state index contributed by atoms with van der Waals surface area (Å²) in [5.41, 5.74) is 0. The third-order valence-electron chi connectivity index (χ3n) is 10.3. The fourth-order valence-corrected chi connectivity index (χ4v) is 6.87. The van der Waals surface area contributed by atoms with E-state index in [1.807, 2.05) is 0 Å². The molecule has 9 heteroatoms. The number of nitrogens with zero attached hydrogens (tertiary/aromatic N) is 8. The van der Waals surface area contributed by atoms with E-state index in [0.29, 0.717) is 0 Å². The van der Waals surface area contributed by atoms with Gasteiger partial charge in [-0.3, -0.25) is 14.7 Å². The maximum absolute atomic E-state index is 9.80. The molecule has 2 rings (SSSR count). The summed E-state index contributed by atoms with van der Waals surface area (Å²) in [7, 11) is 0. The first-order chi connectivity index (χ1) is 21.5. The minimum Gasteiger partial charge on any atom is -0.395 e. The highest BCUT2D eigenvalue weighted by Crippen LogP contribution is 2.09.